The van der Waals surface area contributed by atoms with Crippen LogP contribution >= 0.6 is 23.5 Å². The number of hydrogen-bond donors (Lipinski definition) is 0. The average molecular weight is 303 g/mol. The summed E-state index contributed by atoms with van der Waals surface area (Å²) in [6, 6.07) is 0. The Morgan fingerprint density at radius 3 is 2.00 bits per heavy atom. The van der Waals surface area contributed by atoms with Gasteiger partial charge < -0.3 is 4.74 Å². The van der Waals surface area contributed by atoms with Crippen molar-refractivity contribution in [2.75, 3.05) is 18.1 Å². The number of fused-ring (bicyclic) bond motifs is 3. The monoisotopic (exact) mass is 302 g/mol. The van der Waals surface area contributed by atoms with Crippen molar-refractivity contribution in [3.05, 3.63) is 0 Å². The highest BCUT2D eigenvalue weighted by Gasteiger charge is 2.42. The van der Waals surface area contributed by atoms with Gasteiger partial charge in [0.2, 0.25) is 0 Å². The van der Waals surface area contributed by atoms with E-state index in [1.54, 1.807) is 0 Å². The zero-order chi connectivity index (χ0) is 13.4. The first-order valence-electron chi connectivity index (χ1n) is 8.26. The molecular formula is C16H30OS2. The molecule has 0 spiro atoms. The second kappa shape index (κ2) is 8.84. The maximum Gasteiger partial charge on any atom is 0.160 e. The molecule has 0 radical (unpaired) electrons. The molecule has 2 bridgehead atoms. The molecule has 3 aliphatic heterocycles. The lowest BCUT2D eigenvalue weighted by atomic mass is 10.1. The minimum atomic E-state index is 0.163. The minimum absolute atomic E-state index is 0.163. The molecule has 3 heterocycles. The SMILES string of the molecule is CCCCCCCCCCCC12OCC(CS1)CS2. The molecule has 0 aromatic carbocycles. The van der Waals surface area contributed by atoms with Crippen molar-refractivity contribution in [3.8, 4) is 0 Å². The molecule has 0 atom stereocenters. The molecule has 3 heteroatoms. The van der Waals surface area contributed by atoms with Gasteiger partial charge in [0.1, 0.15) is 0 Å². The predicted octanol–water partition coefficient (Wildman–Crippen LogP) is 5.69. The fourth-order valence-electron chi connectivity index (χ4n) is 2.87. The van der Waals surface area contributed by atoms with Crippen molar-refractivity contribution in [1.29, 1.82) is 0 Å². The lowest BCUT2D eigenvalue weighted by Gasteiger charge is -2.45. The summed E-state index contributed by atoms with van der Waals surface area (Å²) < 4.78 is 6.23. The van der Waals surface area contributed by atoms with Crippen LogP contribution in [0.5, 0.6) is 0 Å². The van der Waals surface area contributed by atoms with E-state index in [0.717, 1.165) is 12.5 Å². The summed E-state index contributed by atoms with van der Waals surface area (Å²) in [5, 5.41) is 0. The van der Waals surface area contributed by atoms with Crippen LogP contribution in [0.2, 0.25) is 0 Å². The summed E-state index contributed by atoms with van der Waals surface area (Å²) in [4.78, 5) is 0. The van der Waals surface area contributed by atoms with Crippen LogP contribution in [0.4, 0.5) is 0 Å². The Bertz CT molecular complexity index is 223. The van der Waals surface area contributed by atoms with Gasteiger partial charge in [-0.1, -0.05) is 58.3 Å². The largest absolute Gasteiger partial charge is 0.355 e. The zero-order valence-electron chi connectivity index (χ0n) is 12.5. The van der Waals surface area contributed by atoms with Gasteiger partial charge in [-0.15, -0.1) is 23.5 Å². The number of hydrogen-bond acceptors (Lipinski definition) is 3. The highest BCUT2D eigenvalue weighted by atomic mass is 32.2. The molecule has 19 heavy (non-hydrogen) atoms. The van der Waals surface area contributed by atoms with Crippen molar-refractivity contribution in [3.63, 3.8) is 0 Å². The van der Waals surface area contributed by atoms with Crippen molar-refractivity contribution in [2.24, 2.45) is 5.92 Å². The van der Waals surface area contributed by atoms with E-state index < -0.39 is 0 Å². The maximum absolute atomic E-state index is 6.06. The van der Waals surface area contributed by atoms with Gasteiger partial charge in [0.15, 0.2) is 4.27 Å². The zero-order valence-corrected chi connectivity index (χ0v) is 14.1. The lowest BCUT2D eigenvalue weighted by molar-refractivity contribution is 0.0444. The van der Waals surface area contributed by atoms with Crippen LogP contribution in [0.15, 0.2) is 0 Å². The van der Waals surface area contributed by atoms with Gasteiger partial charge in [-0.3, -0.25) is 0 Å². The molecule has 3 saturated heterocycles. The summed E-state index contributed by atoms with van der Waals surface area (Å²) >= 11 is 4.16. The Labute approximate surface area is 128 Å². The Balaban J connectivity index is 1.43. The number of thioether (sulfide) groups is 2. The van der Waals surface area contributed by atoms with Crippen LogP contribution in [0.1, 0.15) is 71.1 Å². The molecule has 0 unspecified atom stereocenters. The third kappa shape index (κ3) is 5.51. The van der Waals surface area contributed by atoms with Gasteiger partial charge in [0.25, 0.3) is 0 Å². The molecule has 0 aliphatic carbocycles. The molecule has 0 N–H and O–H groups in total. The second-order valence-electron chi connectivity index (χ2n) is 6.06. The highest BCUT2D eigenvalue weighted by Crippen LogP contribution is 2.52. The molecule has 3 aliphatic rings. The summed E-state index contributed by atoms with van der Waals surface area (Å²) in [5.74, 6) is 3.51. The van der Waals surface area contributed by atoms with Gasteiger partial charge in [0.05, 0.1) is 6.61 Å². The van der Waals surface area contributed by atoms with Crippen LogP contribution < -0.4 is 0 Å². The van der Waals surface area contributed by atoms with Gasteiger partial charge in [-0.05, 0) is 12.8 Å². The van der Waals surface area contributed by atoms with Crippen LogP contribution in [0.25, 0.3) is 0 Å². The second-order valence-corrected chi connectivity index (χ2v) is 8.88. The smallest absolute Gasteiger partial charge is 0.160 e. The highest BCUT2D eigenvalue weighted by molar-refractivity contribution is 8.18. The quantitative estimate of drug-likeness (QED) is 0.480. The fraction of sp³-hybridized carbons (Fsp3) is 1.00. The Hall–Kier alpha value is 0.660. The van der Waals surface area contributed by atoms with Gasteiger partial charge in [-0.25, -0.2) is 0 Å². The van der Waals surface area contributed by atoms with Crippen molar-refractivity contribution >= 4 is 23.5 Å². The standard InChI is InChI=1S/C16H30OS2/c1-2-3-4-5-6-7-8-9-10-11-16-17-12-15(13-18-16)14-19-16/h15H,2-14H2,1H3. The third-order valence-corrected chi connectivity index (χ3v) is 7.71. The summed E-state index contributed by atoms with van der Waals surface area (Å²) in [6.07, 6.45) is 14.0. The van der Waals surface area contributed by atoms with E-state index >= 15 is 0 Å². The lowest BCUT2D eigenvalue weighted by Crippen LogP contribution is -2.41. The van der Waals surface area contributed by atoms with Crippen LogP contribution in [0, 0.1) is 5.92 Å². The van der Waals surface area contributed by atoms with E-state index in [-0.39, 0.29) is 4.27 Å². The molecule has 0 amide bonds. The van der Waals surface area contributed by atoms with Crippen molar-refractivity contribution < 1.29 is 4.74 Å². The van der Waals surface area contributed by atoms with E-state index in [9.17, 15) is 0 Å². The predicted molar refractivity (Wildman–Crippen MR) is 88.9 cm³/mol. The van der Waals surface area contributed by atoms with Crippen LogP contribution in [-0.4, -0.2) is 22.4 Å². The van der Waals surface area contributed by atoms with E-state index in [0.29, 0.717) is 0 Å². The Morgan fingerprint density at radius 1 is 0.895 bits per heavy atom. The first-order valence-corrected chi connectivity index (χ1v) is 10.2. The minimum Gasteiger partial charge on any atom is -0.355 e. The first-order chi connectivity index (χ1) is 9.35. The maximum atomic E-state index is 6.06. The van der Waals surface area contributed by atoms with Gasteiger partial charge >= 0.3 is 0 Å². The van der Waals surface area contributed by atoms with E-state index in [2.05, 4.69) is 30.4 Å². The van der Waals surface area contributed by atoms with E-state index in [1.165, 1.54) is 75.7 Å². The first kappa shape index (κ1) is 16.0. The molecule has 1 nitrogen and oxygen atoms in total. The molecule has 112 valence electrons. The van der Waals surface area contributed by atoms with Gasteiger partial charge in [0, 0.05) is 17.4 Å². The number of unbranched alkanes of at least 4 members (excludes halogenated alkanes) is 8. The Morgan fingerprint density at radius 2 is 1.47 bits per heavy atom. The fourth-order valence-corrected chi connectivity index (χ4v) is 6.05. The number of ether oxygens (including phenoxy) is 1. The summed E-state index contributed by atoms with van der Waals surface area (Å²) in [6.45, 7) is 3.31. The van der Waals surface area contributed by atoms with Crippen molar-refractivity contribution in [1.82, 2.24) is 0 Å². The number of rotatable bonds is 10. The summed E-state index contributed by atoms with van der Waals surface area (Å²) in [7, 11) is 0. The van der Waals surface area contributed by atoms with E-state index in [4.69, 9.17) is 4.74 Å². The molecular weight excluding hydrogens is 272 g/mol. The molecule has 3 rings (SSSR count). The molecule has 0 saturated carbocycles. The molecule has 3 fully saturated rings. The van der Waals surface area contributed by atoms with Crippen molar-refractivity contribution in [2.45, 2.75) is 75.4 Å². The molecule has 0 aromatic heterocycles. The van der Waals surface area contributed by atoms with Crippen LogP contribution in [-0.2, 0) is 4.74 Å². The van der Waals surface area contributed by atoms with Crippen LogP contribution in [0.3, 0.4) is 0 Å². The normalized spacial score (nSPS) is 29.8. The third-order valence-electron chi connectivity index (χ3n) is 4.20. The Kier molecular flexibility index (Phi) is 7.46. The topological polar surface area (TPSA) is 9.23 Å². The molecule has 0 aromatic rings. The average Bonchev–Trinajstić information content (AvgIpc) is 2.47. The summed E-state index contributed by atoms with van der Waals surface area (Å²) in [5.41, 5.74) is 0. The van der Waals surface area contributed by atoms with E-state index in [1.807, 2.05) is 0 Å². The van der Waals surface area contributed by atoms with Gasteiger partial charge in [-0.2, -0.15) is 0 Å².